The first-order chi connectivity index (χ1) is 9.69. The number of hydrogen-bond donors (Lipinski definition) is 1. The quantitative estimate of drug-likeness (QED) is 0.869. The van der Waals surface area contributed by atoms with Crippen LogP contribution < -0.4 is 5.32 Å². The number of halogens is 2. The SMILES string of the molecule is CC(Cl)c1nc2cccc(Cl)c2n1CC(=O)NC(C)(C)C. The summed E-state index contributed by atoms with van der Waals surface area (Å²) in [6.45, 7) is 7.79. The number of hydrogen-bond acceptors (Lipinski definition) is 2. The highest BCUT2D eigenvalue weighted by Gasteiger charge is 2.20. The highest BCUT2D eigenvalue weighted by atomic mass is 35.5. The number of amides is 1. The number of benzene rings is 1. The van der Waals surface area contributed by atoms with Crippen molar-refractivity contribution in [3.05, 3.63) is 29.0 Å². The van der Waals surface area contributed by atoms with E-state index in [-0.39, 0.29) is 23.4 Å². The molecule has 0 saturated heterocycles. The summed E-state index contributed by atoms with van der Waals surface area (Å²) < 4.78 is 1.79. The molecule has 1 aromatic heterocycles. The van der Waals surface area contributed by atoms with Gasteiger partial charge in [-0.1, -0.05) is 17.7 Å². The molecule has 21 heavy (non-hydrogen) atoms. The van der Waals surface area contributed by atoms with E-state index < -0.39 is 0 Å². The van der Waals surface area contributed by atoms with Gasteiger partial charge in [-0.3, -0.25) is 4.79 Å². The number of carbonyl (C=O) groups is 1. The second-order valence-electron chi connectivity index (χ2n) is 6.08. The normalized spacial score (nSPS) is 13.4. The Balaban J connectivity index is 2.46. The lowest BCUT2D eigenvalue weighted by Gasteiger charge is -2.21. The van der Waals surface area contributed by atoms with Crippen LogP contribution in [0.15, 0.2) is 18.2 Å². The first-order valence-electron chi connectivity index (χ1n) is 6.79. The predicted molar refractivity (Wildman–Crippen MR) is 86.9 cm³/mol. The molecule has 0 spiro atoms. The lowest BCUT2D eigenvalue weighted by Crippen LogP contribution is -2.42. The van der Waals surface area contributed by atoms with Crippen molar-refractivity contribution in [2.24, 2.45) is 0 Å². The molecule has 2 aromatic rings. The first-order valence-corrected chi connectivity index (χ1v) is 7.60. The van der Waals surface area contributed by atoms with Crippen LogP contribution in [0.1, 0.15) is 38.9 Å². The van der Waals surface area contributed by atoms with Crippen molar-refractivity contribution >= 4 is 40.1 Å². The molecule has 6 heteroatoms. The Hall–Kier alpha value is -1.26. The highest BCUT2D eigenvalue weighted by Crippen LogP contribution is 2.29. The van der Waals surface area contributed by atoms with E-state index in [0.29, 0.717) is 10.8 Å². The Bertz CT molecular complexity index is 671. The van der Waals surface area contributed by atoms with Gasteiger partial charge in [0.15, 0.2) is 0 Å². The summed E-state index contributed by atoms with van der Waals surface area (Å²) in [6.07, 6.45) is 0. The van der Waals surface area contributed by atoms with Crippen LogP contribution in [0.5, 0.6) is 0 Å². The molecule has 1 aromatic carbocycles. The fourth-order valence-corrected chi connectivity index (χ4v) is 2.66. The van der Waals surface area contributed by atoms with Crippen molar-refractivity contribution in [2.75, 3.05) is 0 Å². The zero-order valence-electron chi connectivity index (χ0n) is 12.6. The molecule has 0 aliphatic carbocycles. The number of nitrogens with zero attached hydrogens (tertiary/aromatic N) is 2. The molecule has 1 N–H and O–H groups in total. The highest BCUT2D eigenvalue weighted by molar-refractivity contribution is 6.35. The van der Waals surface area contributed by atoms with Crippen LogP contribution >= 0.6 is 23.2 Å². The number of alkyl halides is 1. The molecule has 1 atom stereocenters. The number of carbonyl (C=O) groups excluding carboxylic acids is 1. The zero-order valence-corrected chi connectivity index (χ0v) is 14.1. The Labute approximate surface area is 134 Å². The fraction of sp³-hybridized carbons (Fsp3) is 0.467. The van der Waals surface area contributed by atoms with Crippen molar-refractivity contribution < 1.29 is 4.79 Å². The molecule has 0 radical (unpaired) electrons. The van der Waals surface area contributed by atoms with Crippen molar-refractivity contribution in [2.45, 2.75) is 45.2 Å². The van der Waals surface area contributed by atoms with Gasteiger partial charge in [-0.15, -0.1) is 11.6 Å². The summed E-state index contributed by atoms with van der Waals surface area (Å²) in [5, 5.41) is 3.19. The van der Waals surface area contributed by atoms with Gasteiger partial charge < -0.3 is 9.88 Å². The molecule has 4 nitrogen and oxygen atoms in total. The van der Waals surface area contributed by atoms with E-state index in [2.05, 4.69) is 10.3 Å². The van der Waals surface area contributed by atoms with Gasteiger partial charge >= 0.3 is 0 Å². The third kappa shape index (κ3) is 3.69. The van der Waals surface area contributed by atoms with E-state index in [4.69, 9.17) is 23.2 Å². The summed E-state index contributed by atoms with van der Waals surface area (Å²) in [5.41, 5.74) is 1.20. The Kier molecular flexibility index (Phi) is 4.49. The van der Waals surface area contributed by atoms with Gasteiger partial charge in [-0.05, 0) is 39.8 Å². The van der Waals surface area contributed by atoms with Crippen LogP contribution in [-0.2, 0) is 11.3 Å². The van der Waals surface area contributed by atoms with Crippen LogP contribution in [0, 0.1) is 0 Å². The number of rotatable bonds is 3. The van der Waals surface area contributed by atoms with Crippen molar-refractivity contribution in [3.63, 3.8) is 0 Å². The predicted octanol–water partition coefficient (Wildman–Crippen LogP) is 3.90. The molecule has 2 rings (SSSR count). The monoisotopic (exact) mass is 327 g/mol. The average molecular weight is 328 g/mol. The van der Waals surface area contributed by atoms with Gasteiger partial charge in [0.25, 0.3) is 0 Å². The van der Waals surface area contributed by atoms with Gasteiger partial charge in [0.1, 0.15) is 12.4 Å². The number of nitrogens with one attached hydrogen (secondary N) is 1. The summed E-state index contributed by atoms with van der Waals surface area (Å²) in [5.74, 6) is 0.545. The molecule has 0 bridgehead atoms. The van der Waals surface area contributed by atoms with Gasteiger partial charge in [0.05, 0.1) is 21.4 Å². The lowest BCUT2D eigenvalue weighted by atomic mass is 10.1. The van der Waals surface area contributed by atoms with Gasteiger partial charge in [-0.2, -0.15) is 0 Å². The standard InChI is InChI=1S/C15H19Cl2N3O/c1-9(16)14-18-11-7-5-6-10(17)13(11)20(14)8-12(21)19-15(2,3)4/h5-7,9H,8H2,1-4H3,(H,19,21). The Morgan fingerprint density at radius 1 is 1.43 bits per heavy atom. The van der Waals surface area contributed by atoms with E-state index in [0.717, 1.165) is 11.0 Å². The van der Waals surface area contributed by atoms with E-state index in [1.54, 1.807) is 10.6 Å². The molecular formula is C15H19Cl2N3O. The van der Waals surface area contributed by atoms with Crippen LogP contribution in [0.3, 0.4) is 0 Å². The third-order valence-corrected chi connectivity index (χ3v) is 3.42. The topological polar surface area (TPSA) is 46.9 Å². The van der Waals surface area contributed by atoms with Gasteiger partial charge in [-0.25, -0.2) is 4.98 Å². The van der Waals surface area contributed by atoms with E-state index in [9.17, 15) is 4.79 Å². The molecule has 114 valence electrons. The molecule has 1 heterocycles. The average Bonchev–Trinajstić information content (AvgIpc) is 2.67. The zero-order chi connectivity index (χ0) is 15.8. The second-order valence-corrected chi connectivity index (χ2v) is 7.14. The van der Waals surface area contributed by atoms with E-state index in [1.165, 1.54) is 0 Å². The maximum Gasteiger partial charge on any atom is 0.240 e. The summed E-state index contributed by atoms with van der Waals surface area (Å²) >= 11 is 12.5. The molecule has 1 unspecified atom stereocenters. The minimum absolute atomic E-state index is 0.0970. The van der Waals surface area contributed by atoms with Crippen LogP contribution in [0.4, 0.5) is 0 Å². The van der Waals surface area contributed by atoms with Gasteiger partial charge in [0.2, 0.25) is 5.91 Å². The fourth-order valence-electron chi connectivity index (χ4n) is 2.22. The minimum atomic E-state index is -0.309. The Morgan fingerprint density at radius 3 is 2.67 bits per heavy atom. The number of imidazole rings is 1. The van der Waals surface area contributed by atoms with Crippen molar-refractivity contribution in [1.82, 2.24) is 14.9 Å². The third-order valence-electron chi connectivity index (χ3n) is 2.92. The molecule has 0 aliphatic heterocycles. The number of fused-ring (bicyclic) bond motifs is 1. The first kappa shape index (κ1) is 16.1. The van der Waals surface area contributed by atoms with Crippen LogP contribution in [0.25, 0.3) is 11.0 Å². The number of para-hydroxylation sites is 1. The molecule has 0 fully saturated rings. The van der Waals surface area contributed by atoms with Crippen LogP contribution in [-0.4, -0.2) is 21.0 Å². The smallest absolute Gasteiger partial charge is 0.240 e. The number of aromatic nitrogens is 2. The second kappa shape index (κ2) is 5.85. The molecule has 0 aliphatic rings. The van der Waals surface area contributed by atoms with Gasteiger partial charge in [0, 0.05) is 5.54 Å². The molecular weight excluding hydrogens is 309 g/mol. The molecule has 1 amide bonds. The summed E-state index contributed by atoms with van der Waals surface area (Å²) in [6, 6.07) is 5.48. The van der Waals surface area contributed by atoms with Crippen molar-refractivity contribution in [3.8, 4) is 0 Å². The maximum atomic E-state index is 12.2. The van der Waals surface area contributed by atoms with E-state index in [1.807, 2.05) is 39.8 Å². The van der Waals surface area contributed by atoms with Crippen LogP contribution in [0.2, 0.25) is 5.02 Å². The minimum Gasteiger partial charge on any atom is -0.350 e. The lowest BCUT2D eigenvalue weighted by molar-refractivity contribution is -0.123. The summed E-state index contributed by atoms with van der Waals surface area (Å²) in [4.78, 5) is 16.7. The largest absolute Gasteiger partial charge is 0.350 e. The molecule has 0 saturated carbocycles. The van der Waals surface area contributed by atoms with E-state index >= 15 is 0 Å². The van der Waals surface area contributed by atoms with Crippen molar-refractivity contribution in [1.29, 1.82) is 0 Å². The Morgan fingerprint density at radius 2 is 2.10 bits per heavy atom. The summed E-state index contributed by atoms with van der Waals surface area (Å²) in [7, 11) is 0. The maximum absolute atomic E-state index is 12.2.